The molecule has 0 bridgehead atoms. The molecule has 0 amide bonds. The van der Waals surface area contributed by atoms with Crippen LogP contribution in [0.5, 0.6) is 0 Å². The standard InChI is InChI=1S/C10H10OS/c1-3-4-9-5-7-10(8-6-9)12-11-2/h1,5-8H,4H2,2H3. The van der Waals surface area contributed by atoms with E-state index < -0.39 is 0 Å². The second-order valence-electron chi connectivity index (χ2n) is 2.27. The Morgan fingerprint density at radius 2 is 2.08 bits per heavy atom. The molecule has 12 heavy (non-hydrogen) atoms. The summed E-state index contributed by atoms with van der Waals surface area (Å²) in [6, 6.07) is 8.03. The zero-order valence-electron chi connectivity index (χ0n) is 6.91. The van der Waals surface area contributed by atoms with Gasteiger partial charge in [0.25, 0.3) is 0 Å². The maximum Gasteiger partial charge on any atom is 0.0508 e. The molecule has 0 spiro atoms. The molecular weight excluding hydrogens is 168 g/mol. The lowest BCUT2D eigenvalue weighted by molar-refractivity contribution is 0.490. The molecule has 1 aromatic rings. The highest BCUT2D eigenvalue weighted by atomic mass is 32.2. The number of hydrogen-bond donors (Lipinski definition) is 0. The Labute approximate surface area is 77.3 Å². The first-order valence-electron chi connectivity index (χ1n) is 3.60. The molecular formula is C10H10OS. The third kappa shape index (κ3) is 2.61. The molecule has 0 aliphatic rings. The largest absolute Gasteiger partial charge is 0.314 e. The molecule has 1 aromatic carbocycles. The molecule has 0 saturated carbocycles. The van der Waals surface area contributed by atoms with E-state index in [9.17, 15) is 0 Å². The summed E-state index contributed by atoms with van der Waals surface area (Å²) in [6.07, 6.45) is 5.87. The normalized spacial score (nSPS) is 9.33. The van der Waals surface area contributed by atoms with Gasteiger partial charge in [-0.15, -0.1) is 12.3 Å². The lowest BCUT2D eigenvalue weighted by Crippen LogP contribution is -1.80. The Morgan fingerprint density at radius 3 is 2.58 bits per heavy atom. The summed E-state index contributed by atoms with van der Waals surface area (Å²) in [4.78, 5) is 1.10. The van der Waals surface area contributed by atoms with Gasteiger partial charge in [0.2, 0.25) is 0 Å². The topological polar surface area (TPSA) is 9.23 Å². The first kappa shape index (κ1) is 9.18. The van der Waals surface area contributed by atoms with Crippen LogP contribution in [0.3, 0.4) is 0 Å². The average molecular weight is 178 g/mol. The minimum absolute atomic E-state index is 0.692. The fourth-order valence-corrected chi connectivity index (χ4v) is 1.32. The molecule has 0 aliphatic carbocycles. The van der Waals surface area contributed by atoms with E-state index in [1.807, 2.05) is 24.3 Å². The van der Waals surface area contributed by atoms with E-state index in [2.05, 4.69) is 5.92 Å². The number of benzene rings is 1. The molecule has 0 atom stereocenters. The second-order valence-corrected chi connectivity index (χ2v) is 3.25. The molecule has 0 N–H and O–H groups in total. The Balaban J connectivity index is 2.66. The fraction of sp³-hybridized carbons (Fsp3) is 0.200. The van der Waals surface area contributed by atoms with Crippen molar-refractivity contribution in [2.24, 2.45) is 0 Å². The van der Waals surface area contributed by atoms with E-state index in [0.29, 0.717) is 6.42 Å². The van der Waals surface area contributed by atoms with Crippen LogP contribution in [0.25, 0.3) is 0 Å². The van der Waals surface area contributed by atoms with Crippen molar-refractivity contribution in [1.82, 2.24) is 0 Å². The first-order chi connectivity index (χ1) is 5.86. The predicted molar refractivity (Wildman–Crippen MR) is 51.8 cm³/mol. The number of hydrogen-bond acceptors (Lipinski definition) is 2. The van der Waals surface area contributed by atoms with Gasteiger partial charge in [-0.05, 0) is 17.7 Å². The maximum atomic E-state index is 5.18. The Bertz CT molecular complexity index is 271. The van der Waals surface area contributed by atoms with Crippen molar-refractivity contribution < 1.29 is 4.18 Å². The Kier molecular flexibility index (Phi) is 3.72. The Morgan fingerprint density at radius 1 is 1.42 bits per heavy atom. The summed E-state index contributed by atoms with van der Waals surface area (Å²) in [5.41, 5.74) is 1.16. The van der Waals surface area contributed by atoms with Gasteiger partial charge in [-0.1, -0.05) is 12.1 Å². The molecule has 0 fully saturated rings. The quantitative estimate of drug-likeness (QED) is 0.519. The van der Waals surface area contributed by atoms with Gasteiger partial charge in [-0.25, -0.2) is 0 Å². The van der Waals surface area contributed by atoms with Crippen molar-refractivity contribution in [3.05, 3.63) is 29.8 Å². The lowest BCUT2D eigenvalue weighted by atomic mass is 10.2. The van der Waals surface area contributed by atoms with Crippen molar-refractivity contribution in [2.45, 2.75) is 11.3 Å². The zero-order valence-corrected chi connectivity index (χ0v) is 7.73. The van der Waals surface area contributed by atoms with Crippen molar-refractivity contribution in [3.63, 3.8) is 0 Å². The highest BCUT2D eigenvalue weighted by Gasteiger charge is 1.92. The lowest BCUT2D eigenvalue weighted by Gasteiger charge is -1.98. The summed E-state index contributed by atoms with van der Waals surface area (Å²) < 4.78 is 4.90. The number of terminal acetylenes is 1. The average Bonchev–Trinajstić information content (AvgIpc) is 2.09. The summed E-state index contributed by atoms with van der Waals surface area (Å²) >= 11 is 1.35. The summed E-state index contributed by atoms with van der Waals surface area (Å²) in [6.45, 7) is 0. The van der Waals surface area contributed by atoms with Gasteiger partial charge in [0.1, 0.15) is 0 Å². The number of rotatable bonds is 3. The minimum atomic E-state index is 0.692. The van der Waals surface area contributed by atoms with Crippen LogP contribution in [0, 0.1) is 12.3 Å². The predicted octanol–water partition coefficient (Wildman–Crippen LogP) is 2.52. The van der Waals surface area contributed by atoms with Crippen LogP contribution in [-0.4, -0.2) is 7.11 Å². The van der Waals surface area contributed by atoms with Crippen LogP contribution in [-0.2, 0) is 10.6 Å². The molecule has 1 rings (SSSR count). The van der Waals surface area contributed by atoms with Gasteiger partial charge in [-0.2, -0.15) is 0 Å². The van der Waals surface area contributed by atoms with Crippen LogP contribution in [0.15, 0.2) is 29.2 Å². The van der Waals surface area contributed by atoms with Crippen molar-refractivity contribution >= 4 is 12.0 Å². The molecule has 1 nitrogen and oxygen atoms in total. The van der Waals surface area contributed by atoms with Crippen LogP contribution in [0.1, 0.15) is 5.56 Å². The molecule has 2 heteroatoms. The molecule has 0 aliphatic heterocycles. The van der Waals surface area contributed by atoms with Gasteiger partial charge in [0.15, 0.2) is 0 Å². The SMILES string of the molecule is C#CCc1ccc(SOC)cc1. The highest BCUT2D eigenvalue weighted by molar-refractivity contribution is 7.94. The van der Waals surface area contributed by atoms with Crippen LogP contribution >= 0.6 is 12.0 Å². The van der Waals surface area contributed by atoms with Gasteiger partial charge >= 0.3 is 0 Å². The Hall–Kier alpha value is -0.910. The van der Waals surface area contributed by atoms with Crippen LogP contribution in [0.2, 0.25) is 0 Å². The monoisotopic (exact) mass is 178 g/mol. The van der Waals surface area contributed by atoms with Gasteiger partial charge < -0.3 is 4.18 Å². The second kappa shape index (κ2) is 4.87. The summed E-state index contributed by atoms with van der Waals surface area (Å²) in [7, 11) is 1.65. The summed E-state index contributed by atoms with van der Waals surface area (Å²) in [5, 5.41) is 0. The highest BCUT2D eigenvalue weighted by Crippen LogP contribution is 2.18. The minimum Gasteiger partial charge on any atom is -0.314 e. The molecule has 0 aromatic heterocycles. The van der Waals surface area contributed by atoms with E-state index in [0.717, 1.165) is 10.5 Å². The molecule has 0 heterocycles. The van der Waals surface area contributed by atoms with Crippen molar-refractivity contribution in [3.8, 4) is 12.3 Å². The van der Waals surface area contributed by atoms with E-state index in [1.165, 1.54) is 12.0 Å². The van der Waals surface area contributed by atoms with Crippen molar-refractivity contribution in [2.75, 3.05) is 7.11 Å². The van der Waals surface area contributed by atoms with Crippen molar-refractivity contribution in [1.29, 1.82) is 0 Å². The van der Waals surface area contributed by atoms with Gasteiger partial charge in [0.05, 0.1) is 7.11 Å². The van der Waals surface area contributed by atoms with E-state index >= 15 is 0 Å². The third-order valence-electron chi connectivity index (χ3n) is 1.41. The van der Waals surface area contributed by atoms with Crippen LogP contribution in [0.4, 0.5) is 0 Å². The maximum absolute atomic E-state index is 5.18. The van der Waals surface area contributed by atoms with Gasteiger partial charge in [-0.3, -0.25) is 0 Å². The zero-order chi connectivity index (χ0) is 8.81. The molecule has 0 unspecified atom stereocenters. The summed E-state index contributed by atoms with van der Waals surface area (Å²) in [5.74, 6) is 2.60. The fourth-order valence-electron chi connectivity index (χ4n) is 0.877. The van der Waals surface area contributed by atoms with Gasteiger partial charge in [0, 0.05) is 23.4 Å². The molecule has 0 radical (unpaired) electrons. The molecule has 62 valence electrons. The smallest absolute Gasteiger partial charge is 0.0508 e. The third-order valence-corrected chi connectivity index (χ3v) is 2.04. The first-order valence-corrected chi connectivity index (χ1v) is 4.34. The van der Waals surface area contributed by atoms with E-state index in [-0.39, 0.29) is 0 Å². The van der Waals surface area contributed by atoms with E-state index in [1.54, 1.807) is 7.11 Å². The van der Waals surface area contributed by atoms with Crippen LogP contribution < -0.4 is 0 Å². The molecule has 0 saturated heterocycles. The van der Waals surface area contributed by atoms with E-state index in [4.69, 9.17) is 10.6 Å².